The first-order valence-corrected chi connectivity index (χ1v) is 7.74. The van der Waals surface area contributed by atoms with Crippen LogP contribution in [-0.2, 0) is 0 Å². The summed E-state index contributed by atoms with van der Waals surface area (Å²) in [5, 5.41) is 3.42. The fraction of sp³-hybridized carbons (Fsp3) is 0.312. The first kappa shape index (κ1) is 13.7. The standard InChI is InChI=1S/C16H18BrN3/c17-15-3-1-13(2-4-15)16(14-5-7-18-8-6-14)20-11-9-19-10-12-20/h1-8,16,19H,9-12H2/t16-/m1/s1. The maximum Gasteiger partial charge on any atom is 0.0603 e. The van der Waals surface area contributed by atoms with Gasteiger partial charge in [0.1, 0.15) is 0 Å². The van der Waals surface area contributed by atoms with E-state index in [4.69, 9.17) is 0 Å². The number of halogens is 1. The van der Waals surface area contributed by atoms with E-state index in [9.17, 15) is 0 Å². The molecule has 2 heterocycles. The molecule has 0 amide bonds. The van der Waals surface area contributed by atoms with Crippen LogP contribution in [0.5, 0.6) is 0 Å². The van der Waals surface area contributed by atoms with Gasteiger partial charge in [-0.2, -0.15) is 0 Å². The maximum atomic E-state index is 4.14. The predicted octanol–water partition coefficient (Wildman–Crippen LogP) is 2.84. The quantitative estimate of drug-likeness (QED) is 0.937. The lowest BCUT2D eigenvalue weighted by Crippen LogP contribution is -2.45. The molecule has 20 heavy (non-hydrogen) atoms. The maximum absolute atomic E-state index is 4.14. The Morgan fingerprint density at radius 3 is 2.20 bits per heavy atom. The molecule has 0 radical (unpaired) electrons. The Kier molecular flexibility index (Phi) is 4.45. The highest BCUT2D eigenvalue weighted by molar-refractivity contribution is 9.10. The van der Waals surface area contributed by atoms with Crippen molar-refractivity contribution >= 4 is 15.9 Å². The van der Waals surface area contributed by atoms with E-state index < -0.39 is 0 Å². The smallest absolute Gasteiger partial charge is 0.0603 e. The molecule has 104 valence electrons. The van der Waals surface area contributed by atoms with E-state index in [0.29, 0.717) is 6.04 Å². The highest BCUT2D eigenvalue weighted by Gasteiger charge is 2.23. The van der Waals surface area contributed by atoms with Crippen LogP contribution in [0, 0.1) is 0 Å². The molecule has 1 aliphatic rings. The van der Waals surface area contributed by atoms with Gasteiger partial charge in [-0.1, -0.05) is 28.1 Å². The number of rotatable bonds is 3. The molecule has 0 saturated carbocycles. The summed E-state index contributed by atoms with van der Waals surface area (Å²) in [6.07, 6.45) is 3.76. The van der Waals surface area contributed by atoms with Crippen molar-refractivity contribution in [2.45, 2.75) is 6.04 Å². The number of hydrogen-bond donors (Lipinski definition) is 1. The van der Waals surface area contributed by atoms with Gasteiger partial charge in [-0.25, -0.2) is 0 Å². The van der Waals surface area contributed by atoms with Crippen molar-refractivity contribution in [2.24, 2.45) is 0 Å². The fourth-order valence-electron chi connectivity index (χ4n) is 2.75. The van der Waals surface area contributed by atoms with Crippen molar-refractivity contribution in [3.05, 3.63) is 64.4 Å². The number of pyridine rings is 1. The average Bonchev–Trinajstić information content (AvgIpc) is 2.52. The minimum Gasteiger partial charge on any atom is -0.314 e. The van der Waals surface area contributed by atoms with Crippen LogP contribution in [0.3, 0.4) is 0 Å². The Labute approximate surface area is 128 Å². The number of benzene rings is 1. The van der Waals surface area contributed by atoms with Crippen LogP contribution in [0.2, 0.25) is 0 Å². The molecule has 0 bridgehead atoms. The van der Waals surface area contributed by atoms with E-state index in [1.165, 1.54) is 11.1 Å². The number of aromatic nitrogens is 1. The van der Waals surface area contributed by atoms with Gasteiger partial charge in [0.15, 0.2) is 0 Å². The van der Waals surface area contributed by atoms with Gasteiger partial charge in [-0.15, -0.1) is 0 Å². The Bertz CT molecular complexity index is 535. The summed E-state index contributed by atoms with van der Waals surface area (Å²) in [7, 11) is 0. The van der Waals surface area contributed by atoms with Gasteiger partial charge in [-0.3, -0.25) is 9.88 Å². The van der Waals surface area contributed by atoms with E-state index >= 15 is 0 Å². The van der Waals surface area contributed by atoms with E-state index in [2.05, 4.69) is 67.5 Å². The topological polar surface area (TPSA) is 28.2 Å². The summed E-state index contributed by atoms with van der Waals surface area (Å²) in [6, 6.07) is 13.2. The van der Waals surface area contributed by atoms with Crippen molar-refractivity contribution < 1.29 is 0 Å². The van der Waals surface area contributed by atoms with Gasteiger partial charge in [0, 0.05) is 43.0 Å². The van der Waals surface area contributed by atoms with Crippen molar-refractivity contribution in [1.82, 2.24) is 15.2 Å². The lowest BCUT2D eigenvalue weighted by molar-refractivity contribution is 0.198. The van der Waals surface area contributed by atoms with E-state index in [1.807, 2.05) is 12.4 Å². The lowest BCUT2D eigenvalue weighted by atomic mass is 9.97. The minimum atomic E-state index is 0.313. The largest absolute Gasteiger partial charge is 0.314 e. The molecule has 2 aromatic rings. The third kappa shape index (κ3) is 3.08. The van der Waals surface area contributed by atoms with Crippen LogP contribution in [-0.4, -0.2) is 36.1 Å². The van der Waals surface area contributed by atoms with Crippen LogP contribution >= 0.6 is 15.9 Å². The van der Waals surface area contributed by atoms with E-state index in [0.717, 1.165) is 30.7 Å². The zero-order valence-corrected chi connectivity index (χ0v) is 12.9. The van der Waals surface area contributed by atoms with Gasteiger partial charge < -0.3 is 5.32 Å². The second-order valence-corrected chi connectivity index (χ2v) is 5.94. The molecule has 3 rings (SSSR count). The number of hydrogen-bond acceptors (Lipinski definition) is 3. The molecule has 1 saturated heterocycles. The molecule has 0 unspecified atom stereocenters. The Morgan fingerprint density at radius 2 is 1.55 bits per heavy atom. The molecule has 1 fully saturated rings. The number of nitrogens with one attached hydrogen (secondary N) is 1. The summed E-state index contributed by atoms with van der Waals surface area (Å²) >= 11 is 3.51. The van der Waals surface area contributed by atoms with Crippen molar-refractivity contribution in [3.63, 3.8) is 0 Å². The number of piperazine rings is 1. The molecular weight excluding hydrogens is 314 g/mol. The molecule has 3 nitrogen and oxygen atoms in total. The Balaban J connectivity index is 1.96. The third-order valence-electron chi connectivity index (χ3n) is 3.72. The van der Waals surface area contributed by atoms with Gasteiger partial charge in [-0.05, 0) is 35.4 Å². The monoisotopic (exact) mass is 331 g/mol. The molecular formula is C16H18BrN3. The second-order valence-electron chi connectivity index (χ2n) is 5.02. The van der Waals surface area contributed by atoms with Crippen LogP contribution in [0.4, 0.5) is 0 Å². The first-order chi connectivity index (χ1) is 9.84. The average molecular weight is 332 g/mol. The SMILES string of the molecule is Brc1ccc([C@H](c2ccncc2)N2CCNCC2)cc1. The molecule has 1 atom stereocenters. The lowest BCUT2D eigenvalue weighted by Gasteiger charge is -2.35. The summed E-state index contributed by atoms with van der Waals surface area (Å²) in [6.45, 7) is 4.25. The molecule has 1 aromatic heterocycles. The van der Waals surface area contributed by atoms with Gasteiger partial charge in [0.2, 0.25) is 0 Å². The van der Waals surface area contributed by atoms with Gasteiger partial charge >= 0.3 is 0 Å². The molecule has 1 aromatic carbocycles. The van der Waals surface area contributed by atoms with Crippen LogP contribution in [0.1, 0.15) is 17.2 Å². The Morgan fingerprint density at radius 1 is 0.950 bits per heavy atom. The van der Waals surface area contributed by atoms with Crippen molar-refractivity contribution in [2.75, 3.05) is 26.2 Å². The summed E-state index contributed by atoms with van der Waals surface area (Å²) in [4.78, 5) is 6.68. The molecule has 1 N–H and O–H groups in total. The zero-order chi connectivity index (χ0) is 13.8. The van der Waals surface area contributed by atoms with Gasteiger partial charge in [0.05, 0.1) is 6.04 Å². The summed E-state index contributed by atoms with van der Waals surface area (Å²) in [5.74, 6) is 0. The Hall–Kier alpha value is -1.23. The number of nitrogens with zero attached hydrogens (tertiary/aromatic N) is 2. The molecule has 1 aliphatic heterocycles. The summed E-state index contributed by atoms with van der Waals surface area (Å²) < 4.78 is 1.12. The van der Waals surface area contributed by atoms with Crippen LogP contribution < -0.4 is 5.32 Å². The first-order valence-electron chi connectivity index (χ1n) is 6.95. The van der Waals surface area contributed by atoms with E-state index in [1.54, 1.807) is 0 Å². The van der Waals surface area contributed by atoms with Crippen LogP contribution in [0.25, 0.3) is 0 Å². The highest BCUT2D eigenvalue weighted by Crippen LogP contribution is 2.29. The molecule has 4 heteroatoms. The highest BCUT2D eigenvalue weighted by atomic mass is 79.9. The molecule has 0 aliphatic carbocycles. The van der Waals surface area contributed by atoms with Gasteiger partial charge in [0.25, 0.3) is 0 Å². The second kappa shape index (κ2) is 6.48. The van der Waals surface area contributed by atoms with E-state index in [-0.39, 0.29) is 0 Å². The zero-order valence-electron chi connectivity index (χ0n) is 11.3. The summed E-state index contributed by atoms with van der Waals surface area (Å²) in [5.41, 5.74) is 2.64. The van der Waals surface area contributed by atoms with Crippen molar-refractivity contribution in [3.8, 4) is 0 Å². The fourth-order valence-corrected chi connectivity index (χ4v) is 3.01. The third-order valence-corrected chi connectivity index (χ3v) is 4.25. The normalized spacial score (nSPS) is 17.9. The molecule has 0 spiro atoms. The minimum absolute atomic E-state index is 0.313. The predicted molar refractivity (Wildman–Crippen MR) is 84.7 cm³/mol. The van der Waals surface area contributed by atoms with Crippen molar-refractivity contribution in [1.29, 1.82) is 0 Å². The van der Waals surface area contributed by atoms with Crippen LogP contribution in [0.15, 0.2) is 53.3 Å².